The lowest BCUT2D eigenvalue weighted by molar-refractivity contribution is 0.0680. The third kappa shape index (κ3) is 5.63. The summed E-state index contributed by atoms with van der Waals surface area (Å²) in [5.41, 5.74) is 1.38. The summed E-state index contributed by atoms with van der Waals surface area (Å²) >= 11 is 0. The van der Waals surface area contributed by atoms with E-state index in [-0.39, 0.29) is 29.8 Å². The van der Waals surface area contributed by atoms with Crippen LogP contribution in [0.15, 0.2) is 53.4 Å². The standard InChI is InChI=1S/C23H27N3O4S/c1-30-20-12-10-18(11-13-20)22-9-3-2-4-16-26(22)23(27)19-7-5-8-21(17-19)31(28,29)25-15-6-14-24/h5,7-8,10-13,17,22,25H,2-4,6,9,15-16H2,1H3/t22-/m0/s1. The molecule has 31 heavy (non-hydrogen) atoms. The van der Waals surface area contributed by atoms with Crippen LogP contribution in [0, 0.1) is 11.3 Å². The first-order valence-electron chi connectivity index (χ1n) is 10.4. The Labute approximate surface area is 183 Å². The van der Waals surface area contributed by atoms with Crippen LogP contribution in [0.4, 0.5) is 0 Å². The molecular weight excluding hydrogens is 414 g/mol. The predicted molar refractivity (Wildman–Crippen MR) is 117 cm³/mol. The van der Waals surface area contributed by atoms with Gasteiger partial charge in [-0.2, -0.15) is 5.26 Å². The highest BCUT2D eigenvalue weighted by Gasteiger charge is 2.28. The lowest BCUT2D eigenvalue weighted by Gasteiger charge is -2.31. The van der Waals surface area contributed by atoms with Gasteiger partial charge in [0.25, 0.3) is 5.91 Å². The third-order valence-corrected chi connectivity index (χ3v) is 6.89. The van der Waals surface area contributed by atoms with Crippen LogP contribution < -0.4 is 9.46 Å². The minimum atomic E-state index is -3.79. The van der Waals surface area contributed by atoms with E-state index in [1.54, 1.807) is 19.2 Å². The van der Waals surface area contributed by atoms with Crippen LogP contribution in [-0.4, -0.2) is 39.4 Å². The van der Waals surface area contributed by atoms with Gasteiger partial charge in [0.1, 0.15) is 5.75 Å². The SMILES string of the molecule is COc1ccc([C@@H]2CCCCCN2C(=O)c2cccc(S(=O)(=O)NCCC#N)c2)cc1. The number of sulfonamides is 1. The van der Waals surface area contributed by atoms with E-state index in [0.29, 0.717) is 12.1 Å². The van der Waals surface area contributed by atoms with Crippen LogP contribution in [0.1, 0.15) is 54.1 Å². The summed E-state index contributed by atoms with van der Waals surface area (Å²) in [5.74, 6) is 0.578. The summed E-state index contributed by atoms with van der Waals surface area (Å²) in [6, 6.07) is 15.7. The van der Waals surface area contributed by atoms with E-state index in [9.17, 15) is 13.2 Å². The molecule has 1 heterocycles. The molecule has 1 N–H and O–H groups in total. The van der Waals surface area contributed by atoms with Gasteiger partial charge < -0.3 is 9.64 Å². The molecule has 1 saturated heterocycles. The van der Waals surface area contributed by atoms with E-state index in [0.717, 1.165) is 37.0 Å². The number of ether oxygens (including phenoxy) is 1. The average molecular weight is 442 g/mol. The van der Waals surface area contributed by atoms with E-state index in [1.807, 2.05) is 35.2 Å². The summed E-state index contributed by atoms with van der Waals surface area (Å²) in [7, 11) is -2.17. The number of carbonyl (C=O) groups is 1. The number of nitrogens with zero attached hydrogens (tertiary/aromatic N) is 2. The Morgan fingerprint density at radius 1 is 1.19 bits per heavy atom. The Morgan fingerprint density at radius 2 is 1.97 bits per heavy atom. The lowest BCUT2D eigenvalue weighted by Crippen LogP contribution is -2.35. The quantitative estimate of drug-likeness (QED) is 0.661. The molecule has 0 aliphatic carbocycles. The molecule has 0 aromatic heterocycles. The summed E-state index contributed by atoms with van der Waals surface area (Å²) < 4.78 is 32.6. The monoisotopic (exact) mass is 441 g/mol. The first kappa shape index (κ1) is 22.8. The van der Waals surface area contributed by atoms with Crippen molar-refractivity contribution in [3.63, 3.8) is 0 Å². The Morgan fingerprint density at radius 3 is 2.68 bits per heavy atom. The smallest absolute Gasteiger partial charge is 0.254 e. The fraction of sp³-hybridized carbons (Fsp3) is 0.391. The molecule has 1 atom stereocenters. The van der Waals surface area contributed by atoms with E-state index in [2.05, 4.69) is 4.72 Å². The third-order valence-electron chi connectivity index (χ3n) is 5.43. The largest absolute Gasteiger partial charge is 0.497 e. The lowest BCUT2D eigenvalue weighted by atomic mass is 10.00. The number of rotatable bonds is 7. The molecule has 1 fully saturated rings. The number of carbonyl (C=O) groups excluding carboxylic acids is 1. The summed E-state index contributed by atoms with van der Waals surface area (Å²) in [6.07, 6.45) is 3.92. The Balaban J connectivity index is 1.87. The van der Waals surface area contributed by atoms with Crippen molar-refractivity contribution < 1.29 is 17.9 Å². The summed E-state index contributed by atoms with van der Waals surface area (Å²) in [5, 5.41) is 8.62. The minimum Gasteiger partial charge on any atom is -0.497 e. The highest BCUT2D eigenvalue weighted by Crippen LogP contribution is 2.32. The Kier molecular flexibility index (Phi) is 7.66. The molecule has 7 nitrogen and oxygen atoms in total. The molecule has 0 radical (unpaired) electrons. The van der Waals surface area contributed by atoms with Crippen molar-refractivity contribution >= 4 is 15.9 Å². The number of nitriles is 1. The molecule has 0 bridgehead atoms. The molecule has 1 aliphatic rings. The number of hydrogen-bond acceptors (Lipinski definition) is 5. The van der Waals surface area contributed by atoms with Crippen molar-refractivity contribution in [2.24, 2.45) is 0 Å². The zero-order valence-corrected chi connectivity index (χ0v) is 18.4. The molecule has 164 valence electrons. The maximum Gasteiger partial charge on any atom is 0.254 e. The summed E-state index contributed by atoms with van der Waals surface area (Å²) in [6.45, 7) is 0.648. The first-order valence-corrected chi connectivity index (χ1v) is 11.9. The predicted octanol–water partition coefficient (Wildman–Crippen LogP) is 3.64. The maximum absolute atomic E-state index is 13.4. The molecule has 0 spiro atoms. The van der Waals surface area contributed by atoms with E-state index in [1.165, 1.54) is 12.1 Å². The highest BCUT2D eigenvalue weighted by atomic mass is 32.2. The Hall–Kier alpha value is -2.89. The molecule has 2 aromatic carbocycles. The van der Waals surface area contributed by atoms with Gasteiger partial charge in [0, 0.05) is 25.1 Å². The number of benzene rings is 2. The minimum absolute atomic E-state index is 0.0205. The van der Waals surface area contributed by atoms with Gasteiger partial charge in [-0.25, -0.2) is 13.1 Å². The Bertz CT molecular complexity index is 1050. The molecule has 8 heteroatoms. The van der Waals surface area contributed by atoms with E-state index >= 15 is 0 Å². The molecule has 2 aromatic rings. The zero-order valence-electron chi connectivity index (χ0n) is 17.6. The van der Waals surface area contributed by atoms with Gasteiger partial charge in [-0.15, -0.1) is 0 Å². The van der Waals surface area contributed by atoms with Gasteiger partial charge in [-0.05, 0) is 48.7 Å². The molecule has 3 rings (SSSR count). The van der Waals surface area contributed by atoms with E-state index < -0.39 is 10.0 Å². The number of likely N-dealkylation sites (tertiary alicyclic amines) is 1. The molecular formula is C23H27N3O4S. The molecule has 0 unspecified atom stereocenters. The van der Waals surface area contributed by atoms with Crippen molar-refractivity contribution in [3.05, 3.63) is 59.7 Å². The highest BCUT2D eigenvalue weighted by molar-refractivity contribution is 7.89. The number of amides is 1. The second kappa shape index (κ2) is 10.4. The van der Waals surface area contributed by atoms with Crippen molar-refractivity contribution in [1.29, 1.82) is 5.26 Å². The second-order valence-electron chi connectivity index (χ2n) is 7.47. The van der Waals surface area contributed by atoms with Gasteiger partial charge in [-0.1, -0.05) is 31.0 Å². The van der Waals surface area contributed by atoms with Crippen molar-refractivity contribution in [1.82, 2.24) is 9.62 Å². The normalized spacial score (nSPS) is 16.9. The topological polar surface area (TPSA) is 99.5 Å². The van der Waals surface area contributed by atoms with Crippen molar-refractivity contribution in [2.45, 2.75) is 43.0 Å². The van der Waals surface area contributed by atoms with Crippen molar-refractivity contribution in [2.75, 3.05) is 20.2 Å². The van der Waals surface area contributed by atoms with E-state index in [4.69, 9.17) is 10.00 Å². The fourth-order valence-corrected chi connectivity index (χ4v) is 4.89. The van der Waals surface area contributed by atoms with Crippen LogP contribution in [0.3, 0.4) is 0 Å². The van der Waals surface area contributed by atoms with Gasteiger partial charge in [-0.3, -0.25) is 4.79 Å². The maximum atomic E-state index is 13.4. The zero-order chi connectivity index (χ0) is 22.3. The van der Waals surface area contributed by atoms with Crippen molar-refractivity contribution in [3.8, 4) is 11.8 Å². The van der Waals surface area contributed by atoms with Gasteiger partial charge >= 0.3 is 0 Å². The first-order chi connectivity index (χ1) is 15.0. The van der Waals surface area contributed by atoms with Crippen LogP contribution in [0.2, 0.25) is 0 Å². The summed E-state index contributed by atoms with van der Waals surface area (Å²) in [4.78, 5) is 15.3. The van der Waals surface area contributed by atoms with Crippen LogP contribution >= 0.6 is 0 Å². The fourth-order valence-electron chi connectivity index (χ4n) is 3.81. The van der Waals surface area contributed by atoms with Crippen LogP contribution in [0.5, 0.6) is 5.75 Å². The average Bonchev–Trinajstić information content (AvgIpc) is 3.05. The number of nitrogens with one attached hydrogen (secondary N) is 1. The van der Waals surface area contributed by atoms with Gasteiger partial charge in [0.15, 0.2) is 0 Å². The second-order valence-corrected chi connectivity index (χ2v) is 9.24. The van der Waals surface area contributed by atoms with Crippen LogP contribution in [-0.2, 0) is 10.0 Å². The number of methoxy groups -OCH3 is 1. The molecule has 1 aliphatic heterocycles. The van der Waals surface area contributed by atoms with Gasteiger partial charge in [0.2, 0.25) is 10.0 Å². The molecule has 1 amide bonds. The molecule has 0 saturated carbocycles. The number of hydrogen-bond donors (Lipinski definition) is 1. The van der Waals surface area contributed by atoms with Crippen LogP contribution in [0.25, 0.3) is 0 Å². The van der Waals surface area contributed by atoms with Gasteiger partial charge in [0.05, 0.1) is 24.1 Å².